The van der Waals surface area contributed by atoms with E-state index in [0.29, 0.717) is 0 Å². The van der Waals surface area contributed by atoms with Crippen molar-refractivity contribution in [3.63, 3.8) is 0 Å². The molecule has 0 fully saturated rings. The Hall–Kier alpha value is -1.76. The summed E-state index contributed by atoms with van der Waals surface area (Å²) < 4.78 is 5.79. The fourth-order valence-electron chi connectivity index (χ4n) is 1.77. The van der Waals surface area contributed by atoms with Crippen LogP contribution in [0.15, 0.2) is 48.5 Å². The maximum atomic E-state index is 5.79. The van der Waals surface area contributed by atoms with Gasteiger partial charge in [-0.15, -0.1) is 0 Å². The number of rotatable bonds is 2. The van der Waals surface area contributed by atoms with E-state index in [1.807, 2.05) is 36.4 Å². The Morgan fingerprint density at radius 3 is 2.11 bits per heavy atom. The van der Waals surface area contributed by atoms with E-state index in [1.54, 1.807) is 0 Å². The lowest BCUT2D eigenvalue weighted by Crippen LogP contribution is -2.10. The van der Waals surface area contributed by atoms with Crippen molar-refractivity contribution in [1.82, 2.24) is 0 Å². The van der Waals surface area contributed by atoms with Gasteiger partial charge < -0.3 is 4.74 Å². The molecular formula is C17H19O. The van der Waals surface area contributed by atoms with Crippen molar-refractivity contribution < 1.29 is 4.74 Å². The van der Waals surface area contributed by atoms with Crippen molar-refractivity contribution in [1.29, 1.82) is 0 Å². The second kappa shape index (κ2) is 4.85. The Bertz CT molecular complexity index is 518. The minimum atomic E-state index is 0.172. The molecule has 0 unspecified atom stereocenters. The Morgan fingerprint density at radius 1 is 0.889 bits per heavy atom. The van der Waals surface area contributed by atoms with Gasteiger partial charge in [0.25, 0.3) is 0 Å². The van der Waals surface area contributed by atoms with Crippen molar-refractivity contribution >= 4 is 0 Å². The highest BCUT2D eigenvalue weighted by Crippen LogP contribution is 2.27. The Kier molecular flexibility index (Phi) is 3.42. The molecule has 0 spiro atoms. The fraction of sp³-hybridized carbons (Fsp3) is 0.235. The van der Waals surface area contributed by atoms with Gasteiger partial charge in [0.1, 0.15) is 11.5 Å². The summed E-state index contributed by atoms with van der Waals surface area (Å²) in [5, 5.41) is 0. The van der Waals surface area contributed by atoms with Crippen LogP contribution in [0.5, 0.6) is 11.5 Å². The molecule has 2 aromatic rings. The zero-order valence-electron chi connectivity index (χ0n) is 11.2. The molecule has 93 valence electrons. The molecule has 0 aliphatic carbocycles. The second-order valence-electron chi connectivity index (χ2n) is 5.52. The lowest BCUT2D eigenvalue weighted by molar-refractivity contribution is 0.481. The number of ether oxygens (including phenoxy) is 1. The van der Waals surface area contributed by atoms with Crippen molar-refractivity contribution in [3.8, 4) is 11.5 Å². The maximum absolute atomic E-state index is 5.79. The lowest BCUT2D eigenvalue weighted by atomic mass is 9.87. The Balaban J connectivity index is 2.16. The highest BCUT2D eigenvalue weighted by molar-refractivity contribution is 5.37. The van der Waals surface area contributed by atoms with Crippen LogP contribution in [0.25, 0.3) is 0 Å². The largest absolute Gasteiger partial charge is 0.457 e. The minimum Gasteiger partial charge on any atom is -0.457 e. The van der Waals surface area contributed by atoms with Crippen LogP contribution in [0.2, 0.25) is 0 Å². The van der Waals surface area contributed by atoms with E-state index < -0.39 is 0 Å². The van der Waals surface area contributed by atoms with Crippen LogP contribution in [0, 0.1) is 6.92 Å². The topological polar surface area (TPSA) is 9.23 Å². The third-order valence-corrected chi connectivity index (χ3v) is 2.85. The molecule has 0 amide bonds. The molecule has 0 atom stereocenters. The van der Waals surface area contributed by atoms with Gasteiger partial charge in [-0.05, 0) is 47.7 Å². The van der Waals surface area contributed by atoms with E-state index in [9.17, 15) is 0 Å². The average molecular weight is 239 g/mol. The van der Waals surface area contributed by atoms with E-state index >= 15 is 0 Å². The van der Waals surface area contributed by atoms with Crippen LogP contribution in [-0.4, -0.2) is 0 Å². The Morgan fingerprint density at radius 2 is 1.56 bits per heavy atom. The molecule has 0 aromatic heterocycles. The standard InChI is InChI=1S/C17H19O/c1-13-6-5-7-16(12-13)18-15-10-8-14(9-11-15)17(2,3)4/h5-12H,1H2,2-4H3. The molecule has 18 heavy (non-hydrogen) atoms. The minimum absolute atomic E-state index is 0.172. The van der Waals surface area contributed by atoms with Crippen molar-refractivity contribution in [2.24, 2.45) is 0 Å². The third kappa shape index (κ3) is 3.13. The third-order valence-electron chi connectivity index (χ3n) is 2.85. The van der Waals surface area contributed by atoms with Crippen LogP contribution < -0.4 is 4.74 Å². The average Bonchev–Trinajstić information content (AvgIpc) is 2.28. The molecule has 2 aromatic carbocycles. The molecule has 0 saturated carbocycles. The van der Waals surface area contributed by atoms with Crippen molar-refractivity contribution in [3.05, 3.63) is 66.6 Å². The summed E-state index contributed by atoms with van der Waals surface area (Å²) in [4.78, 5) is 0. The molecule has 0 saturated heterocycles. The molecule has 0 aliphatic rings. The van der Waals surface area contributed by atoms with Gasteiger partial charge in [0.15, 0.2) is 0 Å². The summed E-state index contributed by atoms with van der Waals surface area (Å²) in [5.41, 5.74) is 2.44. The monoisotopic (exact) mass is 239 g/mol. The molecule has 1 nitrogen and oxygen atoms in total. The first-order valence-electron chi connectivity index (χ1n) is 6.15. The van der Waals surface area contributed by atoms with Crippen LogP contribution in [0.4, 0.5) is 0 Å². The highest BCUT2D eigenvalue weighted by Gasteiger charge is 2.12. The van der Waals surface area contributed by atoms with Crippen LogP contribution in [0.1, 0.15) is 31.9 Å². The molecule has 0 aliphatic heterocycles. The van der Waals surface area contributed by atoms with Crippen molar-refractivity contribution in [2.75, 3.05) is 0 Å². The molecule has 1 radical (unpaired) electrons. The van der Waals surface area contributed by atoms with E-state index in [1.165, 1.54) is 5.56 Å². The summed E-state index contributed by atoms with van der Waals surface area (Å²) in [6.45, 7) is 10.5. The normalized spacial score (nSPS) is 11.3. The summed E-state index contributed by atoms with van der Waals surface area (Å²) in [6, 6.07) is 16.0. The molecule has 0 N–H and O–H groups in total. The smallest absolute Gasteiger partial charge is 0.127 e. The quantitative estimate of drug-likeness (QED) is 0.719. The number of hydrogen-bond donors (Lipinski definition) is 0. The molecule has 0 heterocycles. The summed E-state index contributed by atoms with van der Waals surface area (Å²) in [6.07, 6.45) is 0. The van der Waals surface area contributed by atoms with Crippen LogP contribution in [-0.2, 0) is 5.41 Å². The zero-order chi connectivity index (χ0) is 13.2. The predicted octanol–water partition coefficient (Wildman–Crippen LogP) is 4.96. The van der Waals surface area contributed by atoms with Crippen LogP contribution in [0.3, 0.4) is 0 Å². The molecular weight excluding hydrogens is 220 g/mol. The SMILES string of the molecule is [CH2]c1cccc(Oc2ccc(C(C)(C)C)cc2)c1. The summed E-state index contributed by atoms with van der Waals surface area (Å²) in [5.74, 6) is 1.68. The van der Waals surface area contributed by atoms with Crippen LogP contribution >= 0.6 is 0 Å². The first-order chi connectivity index (χ1) is 8.45. The van der Waals surface area contributed by atoms with E-state index in [2.05, 4.69) is 39.8 Å². The summed E-state index contributed by atoms with van der Waals surface area (Å²) in [7, 11) is 0. The zero-order valence-corrected chi connectivity index (χ0v) is 11.2. The van der Waals surface area contributed by atoms with Gasteiger partial charge in [-0.1, -0.05) is 45.0 Å². The van der Waals surface area contributed by atoms with Gasteiger partial charge in [-0.2, -0.15) is 0 Å². The molecule has 1 heteroatoms. The highest BCUT2D eigenvalue weighted by atomic mass is 16.5. The fourth-order valence-corrected chi connectivity index (χ4v) is 1.77. The van der Waals surface area contributed by atoms with Gasteiger partial charge in [0, 0.05) is 0 Å². The second-order valence-corrected chi connectivity index (χ2v) is 5.52. The van der Waals surface area contributed by atoms with Gasteiger partial charge in [-0.3, -0.25) is 0 Å². The first kappa shape index (κ1) is 12.7. The first-order valence-corrected chi connectivity index (χ1v) is 6.15. The van der Waals surface area contributed by atoms with Gasteiger partial charge >= 0.3 is 0 Å². The van der Waals surface area contributed by atoms with E-state index in [-0.39, 0.29) is 5.41 Å². The maximum Gasteiger partial charge on any atom is 0.127 e. The molecule has 0 bridgehead atoms. The van der Waals surface area contributed by atoms with Gasteiger partial charge in [0.2, 0.25) is 0 Å². The number of hydrogen-bond acceptors (Lipinski definition) is 1. The van der Waals surface area contributed by atoms with E-state index in [0.717, 1.165) is 17.1 Å². The lowest BCUT2D eigenvalue weighted by Gasteiger charge is -2.19. The Labute approximate surface area is 109 Å². The summed E-state index contributed by atoms with van der Waals surface area (Å²) >= 11 is 0. The van der Waals surface area contributed by atoms with Crippen molar-refractivity contribution in [2.45, 2.75) is 26.2 Å². The van der Waals surface area contributed by atoms with Gasteiger partial charge in [0.05, 0.1) is 0 Å². The van der Waals surface area contributed by atoms with Gasteiger partial charge in [-0.25, -0.2) is 0 Å². The predicted molar refractivity (Wildman–Crippen MR) is 76.1 cm³/mol. The number of benzene rings is 2. The van der Waals surface area contributed by atoms with E-state index in [4.69, 9.17) is 4.74 Å². The molecule has 2 rings (SSSR count).